The van der Waals surface area contributed by atoms with E-state index in [2.05, 4.69) is 69.9 Å². The van der Waals surface area contributed by atoms with Crippen molar-refractivity contribution < 1.29 is 4.74 Å². The molecule has 160 valence electrons. The second-order valence-corrected chi connectivity index (χ2v) is 8.32. The molecular formula is C25H27N3OS2. The topological polar surface area (TPSA) is 46.3 Å². The first-order valence-corrected chi connectivity index (χ1v) is 11.2. The summed E-state index contributed by atoms with van der Waals surface area (Å²) in [6.07, 6.45) is 3.05. The molecule has 0 bridgehead atoms. The summed E-state index contributed by atoms with van der Waals surface area (Å²) in [5.74, 6) is 7.28. The fourth-order valence-electron chi connectivity index (χ4n) is 3.65. The van der Waals surface area contributed by atoms with Crippen LogP contribution >= 0.6 is 24.8 Å². The highest BCUT2D eigenvalue weighted by atomic mass is 32.1. The minimum Gasteiger partial charge on any atom is -0.489 e. The number of hydrogen-bond acceptors (Lipinski definition) is 5. The van der Waals surface area contributed by atoms with E-state index >= 15 is 0 Å². The van der Waals surface area contributed by atoms with E-state index in [-0.39, 0.29) is 19.4 Å². The molecule has 0 saturated carbocycles. The van der Waals surface area contributed by atoms with Crippen molar-refractivity contribution in [1.82, 2.24) is 0 Å². The molecule has 2 heterocycles. The van der Waals surface area contributed by atoms with Gasteiger partial charge >= 0.3 is 0 Å². The fraction of sp³-hybridized carbons (Fsp3) is 0.320. The molecule has 0 saturated heterocycles. The highest BCUT2D eigenvalue weighted by molar-refractivity contribution is 7.59. The van der Waals surface area contributed by atoms with Crippen LogP contribution in [-0.4, -0.2) is 12.3 Å². The molecule has 4 nitrogen and oxygen atoms in total. The molecule has 1 aliphatic heterocycles. The summed E-state index contributed by atoms with van der Waals surface area (Å²) in [5.41, 5.74) is 4.78. The van der Waals surface area contributed by atoms with E-state index in [0.29, 0.717) is 13.2 Å². The molecule has 1 atom stereocenters. The van der Waals surface area contributed by atoms with E-state index in [4.69, 9.17) is 4.74 Å². The first kappa shape index (κ1) is 23.1. The van der Waals surface area contributed by atoms with Crippen molar-refractivity contribution in [3.05, 3.63) is 64.5 Å². The van der Waals surface area contributed by atoms with Gasteiger partial charge in [0, 0.05) is 11.1 Å². The smallest absolute Gasteiger partial charge is 0.119 e. The van der Waals surface area contributed by atoms with Crippen LogP contribution in [0, 0.1) is 11.8 Å². The Morgan fingerprint density at radius 3 is 2.71 bits per heavy atom. The third kappa shape index (κ3) is 5.75. The van der Waals surface area contributed by atoms with Gasteiger partial charge in [0.2, 0.25) is 0 Å². The summed E-state index contributed by atoms with van der Waals surface area (Å²) in [4.78, 5) is 0. The van der Waals surface area contributed by atoms with Gasteiger partial charge in [-0.1, -0.05) is 37.5 Å². The number of nitrogens with zero attached hydrogens (tertiary/aromatic N) is 3. The highest BCUT2D eigenvalue weighted by Gasteiger charge is 2.15. The Labute approximate surface area is 194 Å². The van der Waals surface area contributed by atoms with Gasteiger partial charge in [-0.05, 0) is 70.3 Å². The van der Waals surface area contributed by atoms with Gasteiger partial charge in [0.05, 0.1) is 11.6 Å². The summed E-state index contributed by atoms with van der Waals surface area (Å²) < 4.78 is 7.41. The zero-order valence-electron chi connectivity index (χ0n) is 17.9. The van der Waals surface area contributed by atoms with Crippen LogP contribution in [0.5, 0.6) is 5.75 Å². The van der Waals surface area contributed by atoms with Gasteiger partial charge in [-0.15, -0.1) is 22.4 Å². The lowest BCUT2D eigenvalue weighted by molar-refractivity contribution is 0.306. The summed E-state index contributed by atoms with van der Waals surface area (Å²) in [5, 5.41) is 15.4. The van der Waals surface area contributed by atoms with Crippen molar-refractivity contribution in [2.45, 2.75) is 45.6 Å². The number of rotatable bonds is 8. The molecule has 6 heteroatoms. The van der Waals surface area contributed by atoms with E-state index in [0.717, 1.165) is 29.9 Å². The standard InChI is InChI=1S/C25H25N3OS.H2S/c1-3-5-20(14-22-15-26-28-27-22)19-8-10-23(11-9-19)29-16-18-7-12-25-24(13-18)21(6-4-2)17-30-25;/h7-13,17,20H,4,6,14-16H2,1-2H3;1H2/t20-;/m0./s1. The molecule has 0 spiro atoms. The van der Waals surface area contributed by atoms with Crippen LogP contribution in [0.2, 0.25) is 0 Å². The van der Waals surface area contributed by atoms with Crippen LogP contribution in [-0.2, 0) is 13.0 Å². The van der Waals surface area contributed by atoms with Crippen LogP contribution in [0.1, 0.15) is 49.3 Å². The normalized spacial score (nSPS) is 13.3. The molecule has 3 aromatic rings. The number of fused-ring (bicyclic) bond motifs is 1. The van der Waals surface area contributed by atoms with Gasteiger partial charge in [-0.2, -0.15) is 18.6 Å². The monoisotopic (exact) mass is 449 g/mol. The number of hydrogen-bond donors (Lipinski definition) is 0. The minimum absolute atomic E-state index is 0. The minimum atomic E-state index is 0. The molecule has 2 aromatic carbocycles. The molecule has 31 heavy (non-hydrogen) atoms. The van der Waals surface area contributed by atoms with Gasteiger partial charge in [0.1, 0.15) is 18.9 Å². The molecule has 0 aliphatic carbocycles. The Bertz CT molecular complexity index is 1140. The molecule has 0 N–H and O–H groups in total. The summed E-state index contributed by atoms with van der Waals surface area (Å²) in [7, 11) is 0. The Hall–Kier alpha value is -2.62. The predicted octanol–water partition coefficient (Wildman–Crippen LogP) is 6.86. The zero-order valence-corrected chi connectivity index (χ0v) is 19.7. The Morgan fingerprint density at radius 1 is 1.16 bits per heavy atom. The number of thiophene rings is 1. The number of ether oxygens (including phenoxy) is 1. The largest absolute Gasteiger partial charge is 0.489 e. The summed E-state index contributed by atoms with van der Waals surface area (Å²) >= 11 is 1.82. The number of benzene rings is 2. The second kappa shape index (κ2) is 11.1. The Balaban J connectivity index is 0.00000272. The average molecular weight is 450 g/mol. The molecule has 1 aliphatic rings. The lowest BCUT2D eigenvalue weighted by Gasteiger charge is -2.12. The van der Waals surface area contributed by atoms with E-state index in [9.17, 15) is 0 Å². The number of aryl methyl sites for hydroxylation is 1. The van der Waals surface area contributed by atoms with E-state index in [1.165, 1.54) is 27.6 Å². The highest BCUT2D eigenvalue weighted by Crippen LogP contribution is 2.29. The molecule has 0 radical (unpaired) electrons. The third-order valence-electron chi connectivity index (χ3n) is 5.19. The molecular weight excluding hydrogens is 422 g/mol. The maximum atomic E-state index is 6.06. The second-order valence-electron chi connectivity index (χ2n) is 7.41. The van der Waals surface area contributed by atoms with Gasteiger partial charge in [-0.25, -0.2) is 0 Å². The SMILES string of the molecule is CC#C[C@@H](CC1=NN=NC1)c1ccc(OCc2ccc3scc(CCC)c3c2)cc1.S. The fourth-order valence-corrected chi connectivity index (χ4v) is 4.63. The van der Waals surface area contributed by atoms with Crippen molar-refractivity contribution >= 4 is 40.6 Å². The van der Waals surface area contributed by atoms with Gasteiger partial charge in [-0.3, -0.25) is 0 Å². The van der Waals surface area contributed by atoms with Crippen molar-refractivity contribution in [3.63, 3.8) is 0 Å². The molecule has 4 rings (SSSR count). The van der Waals surface area contributed by atoms with Crippen LogP contribution < -0.4 is 4.74 Å². The van der Waals surface area contributed by atoms with Crippen LogP contribution in [0.3, 0.4) is 0 Å². The average Bonchev–Trinajstić information content (AvgIpc) is 3.43. The van der Waals surface area contributed by atoms with Crippen molar-refractivity contribution in [1.29, 1.82) is 0 Å². The van der Waals surface area contributed by atoms with Crippen LogP contribution in [0.15, 0.2) is 63.3 Å². The van der Waals surface area contributed by atoms with Gasteiger partial charge in [0.25, 0.3) is 0 Å². The summed E-state index contributed by atoms with van der Waals surface area (Å²) in [6, 6.07) is 14.9. The lowest BCUT2D eigenvalue weighted by atomic mass is 9.94. The first-order chi connectivity index (χ1) is 14.8. The molecule has 0 unspecified atom stereocenters. The third-order valence-corrected chi connectivity index (χ3v) is 6.20. The summed E-state index contributed by atoms with van der Waals surface area (Å²) in [6.45, 7) is 5.24. The van der Waals surface area contributed by atoms with Gasteiger partial charge < -0.3 is 4.74 Å². The molecule has 0 amide bonds. The molecule has 1 aromatic heterocycles. The maximum absolute atomic E-state index is 6.06. The first-order valence-electron chi connectivity index (χ1n) is 10.3. The Morgan fingerprint density at radius 2 is 2.00 bits per heavy atom. The van der Waals surface area contributed by atoms with E-state index in [1.807, 2.05) is 30.4 Å². The van der Waals surface area contributed by atoms with E-state index < -0.39 is 0 Å². The Kier molecular flexibility index (Phi) is 8.27. The predicted molar refractivity (Wildman–Crippen MR) is 135 cm³/mol. The molecule has 0 fully saturated rings. The lowest BCUT2D eigenvalue weighted by Crippen LogP contribution is -2.07. The van der Waals surface area contributed by atoms with Crippen molar-refractivity contribution in [2.75, 3.05) is 6.54 Å². The van der Waals surface area contributed by atoms with Crippen LogP contribution in [0.4, 0.5) is 0 Å². The van der Waals surface area contributed by atoms with E-state index in [1.54, 1.807) is 0 Å². The quantitative estimate of drug-likeness (QED) is 0.346. The van der Waals surface area contributed by atoms with Crippen molar-refractivity contribution in [2.24, 2.45) is 15.4 Å². The maximum Gasteiger partial charge on any atom is 0.119 e. The van der Waals surface area contributed by atoms with Crippen LogP contribution in [0.25, 0.3) is 10.1 Å². The zero-order chi connectivity index (χ0) is 20.8. The van der Waals surface area contributed by atoms with Gasteiger partial charge in [0.15, 0.2) is 0 Å². The van der Waals surface area contributed by atoms with Crippen molar-refractivity contribution in [3.8, 4) is 17.6 Å².